The molecule has 0 aliphatic carbocycles. The summed E-state index contributed by atoms with van der Waals surface area (Å²) in [5.41, 5.74) is -0.138. The lowest BCUT2D eigenvalue weighted by atomic mass is 10.1. The van der Waals surface area contributed by atoms with Crippen molar-refractivity contribution < 1.29 is 13.5 Å². The Kier molecular flexibility index (Phi) is 3.62. The highest BCUT2D eigenvalue weighted by molar-refractivity contribution is 5.47. The molecule has 0 saturated carbocycles. The van der Waals surface area contributed by atoms with Crippen LogP contribution in [0.3, 0.4) is 0 Å². The summed E-state index contributed by atoms with van der Waals surface area (Å²) >= 11 is 0. The van der Waals surface area contributed by atoms with E-state index in [0.29, 0.717) is 12.8 Å². The maximum Gasteiger partial charge on any atom is 0.172 e. The fraction of sp³-hybridized carbons (Fsp3) is 0.364. The zero-order chi connectivity index (χ0) is 11.4. The van der Waals surface area contributed by atoms with E-state index in [-0.39, 0.29) is 16.9 Å². The highest BCUT2D eigenvalue weighted by Crippen LogP contribution is 2.28. The van der Waals surface area contributed by atoms with Gasteiger partial charge in [-0.3, -0.25) is 0 Å². The molecule has 0 bridgehead atoms. The van der Waals surface area contributed by atoms with Gasteiger partial charge in [0.05, 0.1) is 12.7 Å². The van der Waals surface area contributed by atoms with Crippen LogP contribution in [0, 0.1) is 23.0 Å². The van der Waals surface area contributed by atoms with E-state index in [4.69, 9.17) is 10.00 Å². The van der Waals surface area contributed by atoms with Crippen molar-refractivity contribution >= 4 is 0 Å². The molecule has 0 N–H and O–H groups in total. The van der Waals surface area contributed by atoms with Crippen LogP contribution in [-0.2, 0) is 6.42 Å². The summed E-state index contributed by atoms with van der Waals surface area (Å²) in [6, 6.07) is 2.70. The van der Waals surface area contributed by atoms with E-state index < -0.39 is 11.6 Å². The molecule has 15 heavy (non-hydrogen) atoms. The third-order valence-corrected chi connectivity index (χ3v) is 2.09. The van der Waals surface area contributed by atoms with Crippen molar-refractivity contribution in [3.63, 3.8) is 0 Å². The van der Waals surface area contributed by atoms with E-state index in [1.54, 1.807) is 6.07 Å². The minimum absolute atomic E-state index is 0.0200. The first kappa shape index (κ1) is 11.4. The number of nitriles is 1. The molecule has 4 heteroatoms. The van der Waals surface area contributed by atoms with Gasteiger partial charge in [0.2, 0.25) is 0 Å². The molecule has 80 valence electrons. The van der Waals surface area contributed by atoms with E-state index in [1.165, 1.54) is 7.11 Å². The van der Waals surface area contributed by atoms with Gasteiger partial charge in [-0.05, 0) is 12.5 Å². The van der Waals surface area contributed by atoms with Gasteiger partial charge in [0, 0.05) is 5.56 Å². The maximum absolute atomic E-state index is 13.7. The minimum atomic E-state index is -0.768. The van der Waals surface area contributed by atoms with E-state index in [1.807, 2.05) is 6.92 Å². The third-order valence-electron chi connectivity index (χ3n) is 2.09. The molecule has 0 fully saturated rings. The lowest BCUT2D eigenvalue weighted by molar-refractivity contribution is 0.379. The number of hydrogen-bond donors (Lipinski definition) is 0. The summed E-state index contributed by atoms with van der Waals surface area (Å²) in [5.74, 6) is -1.63. The molecule has 0 heterocycles. The monoisotopic (exact) mass is 211 g/mol. The Morgan fingerprint density at radius 1 is 1.47 bits per heavy atom. The van der Waals surface area contributed by atoms with Crippen LogP contribution < -0.4 is 4.74 Å². The fourth-order valence-corrected chi connectivity index (χ4v) is 1.40. The van der Waals surface area contributed by atoms with Crippen molar-refractivity contribution in [2.45, 2.75) is 19.8 Å². The molecular formula is C11H11F2NO. The van der Waals surface area contributed by atoms with Crippen LogP contribution in [0.2, 0.25) is 0 Å². The van der Waals surface area contributed by atoms with Crippen LogP contribution in [0.1, 0.15) is 24.5 Å². The van der Waals surface area contributed by atoms with Crippen molar-refractivity contribution in [2.24, 2.45) is 0 Å². The van der Waals surface area contributed by atoms with Crippen molar-refractivity contribution in [1.82, 2.24) is 0 Å². The molecule has 0 spiro atoms. The summed E-state index contributed by atoms with van der Waals surface area (Å²) in [6.07, 6.45) is 0.919. The van der Waals surface area contributed by atoms with Crippen LogP contribution in [-0.4, -0.2) is 7.11 Å². The summed E-state index contributed by atoms with van der Waals surface area (Å²) < 4.78 is 31.8. The molecule has 0 amide bonds. The molecule has 2 nitrogen and oxygen atoms in total. The molecule has 1 rings (SSSR count). The maximum atomic E-state index is 13.7. The molecule has 0 atom stereocenters. The fourth-order valence-electron chi connectivity index (χ4n) is 1.40. The van der Waals surface area contributed by atoms with Crippen LogP contribution in [0.5, 0.6) is 5.75 Å². The highest BCUT2D eigenvalue weighted by Gasteiger charge is 2.18. The Hall–Kier alpha value is -1.63. The van der Waals surface area contributed by atoms with Gasteiger partial charge < -0.3 is 4.74 Å². The van der Waals surface area contributed by atoms with Crippen LogP contribution >= 0.6 is 0 Å². The second kappa shape index (κ2) is 4.74. The smallest absolute Gasteiger partial charge is 0.172 e. The van der Waals surface area contributed by atoms with Crippen LogP contribution in [0.4, 0.5) is 8.78 Å². The first-order valence-electron chi connectivity index (χ1n) is 4.60. The number of rotatable bonds is 3. The quantitative estimate of drug-likeness (QED) is 0.770. The predicted octanol–water partition coefficient (Wildman–Crippen LogP) is 2.80. The second-order valence-corrected chi connectivity index (χ2v) is 3.09. The van der Waals surface area contributed by atoms with Gasteiger partial charge in [-0.1, -0.05) is 13.3 Å². The zero-order valence-corrected chi connectivity index (χ0v) is 8.60. The zero-order valence-electron chi connectivity index (χ0n) is 8.60. The molecular weight excluding hydrogens is 200 g/mol. The number of hydrogen-bond acceptors (Lipinski definition) is 2. The lowest BCUT2D eigenvalue weighted by Crippen LogP contribution is -2.01. The Labute approximate surface area is 87.1 Å². The number of halogens is 2. The summed E-state index contributed by atoms with van der Waals surface area (Å²) in [7, 11) is 1.26. The van der Waals surface area contributed by atoms with Gasteiger partial charge in [0.25, 0.3) is 0 Å². The average Bonchev–Trinajstić information content (AvgIpc) is 2.23. The first-order chi connectivity index (χ1) is 7.15. The summed E-state index contributed by atoms with van der Waals surface area (Å²) in [4.78, 5) is 0. The van der Waals surface area contributed by atoms with Gasteiger partial charge in [-0.25, -0.2) is 8.78 Å². The van der Waals surface area contributed by atoms with Gasteiger partial charge in [-0.2, -0.15) is 5.26 Å². The molecule has 0 radical (unpaired) electrons. The number of methoxy groups -OCH3 is 1. The SMILES string of the molecule is CCCc1c(F)cc(C#N)c(OC)c1F. The van der Waals surface area contributed by atoms with Crippen molar-refractivity contribution in [3.05, 3.63) is 28.8 Å². The molecule has 1 aromatic rings. The molecule has 0 aromatic heterocycles. The number of ether oxygens (including phenoxy) is 1. The Morgan fingerprint density at radius 2 is 2.13 bits per heavy atom. The van der Waals surface area contributed by atoms with Crippen molar-refractivity contribution in [2.75, 3.05) is 7.11 Å². The first-order valence-corrected chi connectivity index (χ1v) is 4.60. The van der Waals surface area contributed by atoms with Crippen molar-refractivity contribution in [3.8, 4) is 11.8 Å². The van der Waals surface area contributed by atoms with Gasteiger partial charge >= 0.3 is 0 Å². The van der Waals surface area contributed by atoms with E-state index in [2.05, 4.69) is 0 Å². The highest BCUT2D eigenvalue weighted by atomic mass is 19.1. The standard InChI is InChI=1S/C11H11F2NO/c1-3-4-8-9(12)5-7(6-14)11(15-2)10(8)13/h5H,3-4H2,1-2H3. The third kappa shape index (κ3) is 2.07. The van der Waals surface area contributed by atoms with E-state index in [0.717, 1.165) is 6.07 Å². The molecule has 0 saturated heterocycles. The van der Waals surface area contributed by atoms with Gasteiger partial charge in [0.1, 0.15) is 11.9 Å². The second-order valence-electron chi connectivity index (χ2n) is 3.09. The van der Waals surface area contributed by atoms with Crippen LogP contribution in [0.25, 0.3) is 0 Å². The average molecular weight is 211 g/mol. The van der Waals surface area contributed by atoms with Crippen LogP contribution in [0.15, 0.2) is 6.07 Å². The van der Waals surface area contributed by atoms with Crippen molar-refractivity contribution in [1.29, 1.82) is 5.26 Å². The Bertz CT molecular complexity index is 410. The lowest BCUT2D eigenvalue weighted by Gasteiger charge is -2.09. The Balaban J connectivity index is 3.39. The molecule has 1 aromatic carbocycles. The summed E-state index contributed by atoms with van der Waals surface area (Å²) in [5, 5.41) is 8.66. The largest absolute Gasteiger partial charge is 0.492 e. The minimum Gasteiger partial charge on any atom is -0.492 e. The van der Waals surface area contributed by atoms with E-state index in [9.17, 15) is 8.78 Å². The number of benzene rings is 1. The van der Waals surface area contributed by atoms with Gasteiger partial charge in [0.15, 0.2) is 11.6 Å². The number of nitrogens with zero attached hydrogens (tertiary/aromatic N) is 1. The van der Waals surface area contributed by atoms with E-state index >= 15 is 0 Å². The molecule has 0 unspecified atom stereocenters. The molecule has 0 aliphatic heterocycles. The predicted molar refractivity (Wildman–Crippen MR) is 51.6 cm³/mol. The topological polar surface area (TPSA) is 33.0 Å². The Morgan fingerprint density at radius 3 is 2.60 bits per heavy atom. The molecule has 0 aliphatic rings. The summed E-state index contributed by atoms with van der Waals surface area (Å²) in [6.45, 7) is 1.82. The van der Waals surface area contributed by atoms with Gasteiger partial charge in [-0.15, -0.1) is 0 Å². The normalized spacial score (nSPS) is 9.80.